The van der Waals surface area contributed by atoms with Crippen LogP contribution in [0.3, 0.4) is 0 Å². The van der Waals surface area contributed by atoms with E-state index in [4.69, 9.17) is 10.2 Å². The summed E-state index contributed by atoms with van der Waals surface area (Å²) in [5.74, 6) is -2.85. The Morgan fingerprint density at radius 1 is 1.11 bits per heavy atom. The van der Waals surface area contributed by atoms with Crippen LogP contribution in [0.4, 0.5) is 5.69 Å². The summed E-state index contributed by atoms with van der Waals surface area (Å²) >= 11 is 0. The van der Waals surface area contributed by atoms with Crippen LogP contribution in [0, 0.1) is 0 Å². The number of benzene rings is 2. The molecular formula is C19H16N2O6S. The molecular weight excluding hydrogens is 384 g/mol. The second kappa shape index (κ2) is 7.02. The van der Waals surface area contributed by atoms with Gasteiger partial charge in [-0.05, 0) is 30.7 Å². The summed E-state index contributed by atoms with van der Waals surface area (Å²) in [6.45, 7) is 1.55. The maximum absolute atomic E-state index is 12.7. The monoisotopic (exact) mass is 400 g/mol. The molecule has 1 aliphatic carbocycles. The number of anilines is 1. The normalized spacial score (nSPS) is 14.9. The van der Waals surface area contributed by atoms with Crippen molar-refractivity contribution in [3.05, 3.63) is 70.9 Å². The first kappa shape index (κ1) is 19.5. The minimum atomic E-state index is -4.17. The molecule has 1 atom stereocenters. The average Bonchev–Trinajstić information content (AvgIpc) is 2.64. The number of sulfonamides is 1. The molecule has 0 saturated heterocycles. The Morgan fingerprint density at radius 3 is 2.32 bits per heavy atom. The van der Waals surface area contributed by atoms with Crippen LogP contribution in [-0.2, 0) is 14.8 Å². The maximum atomic E-state index is 12.7. The van der Waals surface area contributed by atoms with Crippen molar-refractivity contribution in [1.82, 2.24) is 0 Å². The molecule has 1 unspecified atom stereocenters. The van der Waals surface area contributed by atoms with Crippen LogP contribution >= 0.6 is 0 Å². The third kappa shape index (κ3) is 3.57. The number of allylic oxidation sites excluding steroid dienone is 2. The van der Waals surface area contributed by atoms with Crippen molar-refractivity contribution in [2.24, 2.45) is 5.14 Å². The number of fused-ring (bicyclic) bond motifs is 1. The van der Waals surface area contributed by atoms with E-state index in [0.29, 0.717) is 11.3 Å². The summed E-state index contributed by atoms with van der Waals surface area (Å²) in [6.07, 6.45) is 1.02. The largest absolute Gasteiger partial charge is 0.481 e. The van der Waals surface area contributed by atoms with Gasteiger partial charge in [0.2, 0.25) is 15.8 Å². The fourth-order valence-corrected chi connectivity index (χ4v) is 3.63. The van der Waals surface area contributed by atoms with Gasteiger partial charge in [-0.3, -0.25) is 14.4 Å². The highest BCUT2D eigenvalue weighted by Crippen LogP contribution is 2.28. The molecule has 1 aliphatic rings. The van der Waals surface area contributed by atoms with E-state index in [1.54, 1.807) is 31.2 Å². The summed E-state index contributed by atoms with van der Waals surface area (Å²) in [6, 6.07) is 10.3. The van der Waals surface area contributed by atoms with Crippen molar-refractivity contribution in [2.75, 3.05) is 5.32 Å². The van der Waals surface area contributed by atoms with Crippen LogP contribution in [0.25, 0.3) is 0 Å². The van der Waals surface area contributed by atoms with E-state index in [0.717, 1.165) is 6.08 Å². The number of hydrogen-bond donors (Lipinski definition) is 3. The van der Waals surface area contributed by atoms with Crippen molar-refractivity contribution in [3.63, 3.8) is 0 Å². The molecule has 9 heteroatoms. The highest BCUT2D eigenvalue weighted by molar-refractivity contribution is 7.89. The van der Waals surface area contributed by atoms with Crippen LogP contribution in [0.15, 0.2) is 59.1 Å². The van der Waals surface area contributed by atoms with E-state index < -0.39 is 38.4 Å². The van der Waals surface area contributed by atoms with E-state index in [-0.39, 0.29) is 16.8 Å². The zero-order valence-electron chi connectivity index (χ0n) is 14.7. The molecule has 0 radical (unpaired) electrons. The Morgan fingerprint density at radius 2 is 1.75 bits per heavy atom. The van der Waals surface area contributed by atoms with Crippen molar-refractivity contribution in [3.8, 4) is 0 Å². The number of carbonyl (C=O) groups excluding carboxylic acids is 2. The second-order valence-corrected chi connectivity index (χ2v) is 7.81. The van der Waals surface area contributed by atoms with Crippen LogP contribution in [0.1, 0.15) is 39.1 Å². The molecule has 0 spiro atoms. The van der Waals surface area contributed by atoms with Gasteiger partial charge in [-0.25, -0.2) is 13.6 Å². The standard InChI is InChI=1S/C19H16N2O6S/c1-10(19(24)25)11-5-7-12(8-6-11)21-14-9-15(22)17-13(18(14)23)3-2-4-16(17)28(20,26)27/h2-10,21H,1H3,(H,24,25)(H2,20,26,27). The van der Waals surface area contributed by atoms with Gasteiger partial charge in [-0.1, -0.05) is 24.3 Å². The molecule has 0 fully saturated rings. The number of nitrogens with one attached hydrogen (secondary N) is 1. The molecule has 28 heavy (non-hydrogen) atoms. The molecule has 0 aliphatic heterocycles. The van der Waals surface area contributed by atoms with Crippen LogP contribution in [0.5, 0.6) is 0 Å². The summed E-state index contributed by atoms with van der Waals surface area (Å²) in [5.41, 5.74) is 0.730. The first-order chi connectivity index (χ1) is 13.1. The minimum Gasteiger partial charge on any atom is -0.481 e. The number of carboxylic acid groups (broad SMARTS) is 1. The Kier molecular flexibility index (Phi) is 4.88. The number of hydrogen-bond acceptors (Lipinski definition) is 6. The van der Waals surface area contributed by atoms with Gasteiger partial charge in [-0.15, -0.1) is 0 Å². The molecule has 0 bridgehead atoms. The highest BCUT2D eigenvalue weighted by atomic mass is 32.2. The third-order valence-corrected chi connectivity index (χ3v) is 5.36. The summed E-state index contributed by atoms with van der Waals surface area (Å²) in [7, 11) is -4.17. The Labute approximate surface area is 160 Å². The summed E-state index contributed by atoms with van der Waals surface area (Å²) < 4.78 is 23.4. The third-order valence-electron chi connectivity index (χ3n) is 4.40. The quantitative estimate of drug-likeness (QED) is 0.695. The van der Waals surface area contributed by atoms with Gasteiger partial charge in [0, 0.05) is 17.3 Å². The van der Waals surface area contributed by atoms with Crippen molar-refractivity contribution < 1.29 is 27.9 Å². The molecule has 0 aromatic heterocycles. The molecule has 0 saturated carbocycles. The molecule has 2 aromatic carbocycles. The number of nitrogens with two attached hydrogens (primary N) is 1. The van der Waals surface area contributed by atoms with E-state index >= 15 is 0 Å². The van der Waals surface area contributed by atoms with E-state index in [1.165, 1.54) is 18.2 Å². The van der Waals surface area contributed by atoms with Crippen molar-refractivity contribution >= 4 is 33.2 Å². The molecule has 0 heterocycles. The highest BCUT2D eigenvalue weighted by Gasteiger charge is 2.31. The molecule has 144 valence electrons. The van der Waals surface area contributed by atoms with Crippen LogP contribution < -0.4 is 10.5 Å². The lowest BCUT2D eigenvalue weighted by Crippen LogP contribution is -2.25. The van der Waals surface area contributed by atoms with Crippen LogP contribution in [-0.4, -0.2) is 31.1 Å². The van der Waals surface area contributed by atoms with Crippen molar-refractivity contribution in [2.45, 2.75) is 17.7 Å². The number of Topliss-reactive ketones (excluding diaryl/α,β-unsaturated/α-hetero) is 1. The SMILES string of the molecule is CC(C(=O)O)c1ccc(NC2=CC(=O)c3c(cccc3S(N)(=O)=O)C2=O)cc1. The predicted molar refractivity (Wildman–Crippen MR) is 101 cm³/mol. The zero-order valence-corrected chi connectivity index (χ0v) is 15.5. The Hall–Kier alpha value is -3.30. The maximum Gasteiger partial charge on any atom is 0.310 e. The van der Waals surface area contributed by atoms with Gasteiger partial charge >= 0.3 is 5.97 Å². The smallest absolute Gasteiger partial charge is 0.310 e. The lowest BCUT2D eigenvalue weighted by Gasteiger charge is -2.18. The average molecular weight is 400 g/mol. The predicted octanol–water partition coefficient (Wildman–Crippen LogP) is 1.90. The Bertz CT molecular complexity index is 1130. The molecule has 4 N–H and O–H groups in total. The molecule has 8 nitrogen and oxygen atoms in total. The van der Waals surface area contributed by atoms with Gasteiger partial charge in [0.15, 0.2) is 5.78 Å². The first-order valence-electron chi connectivity index (χ1n) is 8.16. The van der Waals surface area contributed by atoms with Crippen LogP contribution in [0.2, 0.25) is 0 Å². The summed E-state index contributed by atoms with van der Waals surface area (Å²) in [4.78, 5) is 35.8. The number of ketones is 2. The topological polar surface area (TPSA) is 144 Å². The van der Waals surface area contributed by atoms with Gasteiger partial charge in [-0.2, -0.15) is 0 Å². The fraction of sp³-hybridized carbons (Fsp3) is 0.105. The van der Waals surface area contributed by atoms with E-state index in [1.807, 2.05) is 0 Å². The molecule has 3 rings (SSSR count). The minimum absolute atomic E-state index is 0.0249. The van der Waals surface area contributed by atoms with Crippen molar-refractivity contribution in [1.29, 1.82) is 0 Å². The lowest BCUT2D eigenvalue weighted by molar-refractivity contribution is -0.138. The second-order valence-electron chi connectivity index (χ2n) is 6.28. The Balaban J connectivity index is 1.93. The molecule has 2 aromatic rings. The lowest BCUT2D eigenvalue weighted by atomic mass is 9.92. The first-order valence-corrected chi connectivity index (χ1v) is 9.70. The van der Waals surface area contributed by atoms with Gasteiger partial charge in [0.25, 0.3) is 0 Å². The van der Waals surface area contributed by atoms with Gasteiger partial charge in [0.05, 0.1) is 22.1 Å². The van der Waals surface area contributed by atoms with Gasteiger partial charge < -0.3 is 10.4 Å². The zero-order chi connectivity index (χ0) is 20.6. The number of carbonyl (C=O) groups is 3. The fourth-order valence-electron chi connectivity index (χ4n) is 2.87. The van der Waals surface area contributed by atoms with E-state index in [2.05, 4.69) is 5.32 Å². The van der Waals surface area contributed by atoms with E-state index in [9.17, 15) is 22.8 Å². The number of primary sulfonamides is 1. The van der Waals surface area contributed by atoms with Gasteiger partial charge in [0.1, 0.15) is 0 Å². The number of carboxylic acids is 1. The molecule has 0 amide bonds. The summed E-state index contributed by atoms with van der Waals surface area (Å²) in [5, 5.41) is 17.0. The number of aliphatic carboxylic acids is 1. The number of rotatable bonds is 5.